The molecule has 0 saturated heterocycles. The molecule has 1 heterocycles. The number of rotatable bonds is 2. The number of aryl methyl sites for hydroxylation is 2. The third kappa shape index (κ3) is 2.30. The van der Waals surface area contributed by atoms with E-state index in [2.05, 4.69) is 4.98 Å². The fourth-order valence-electron chi connectivity index (χ4n) is 1.50. The summed E-state index contributed by atoms with van der Waals surface area (Å²) in [7, 11) is 0. The molecule has 0 unspecified atom stereocenters. The van der Waals surface area contributed by atoms with E-state index < -0.39 is 5.82 Å². The van der Waals surface area contributed by atoms with Crippen LogP contribution < -0.4 is 4.74 Å². The van der Waals surface area contributed by atoms with Crippen LogP contribution in [0.5, 0.6) is 11.6 Å². The number of halogens is 1. The lowest BCUT2D eigenvalue weighted by Gasteiger charge is -2.08. The Kier molecular flexibility index (Phi) is 3.24. The van der Waals surface area contributed by atoms with Crippen molar-refractivity contribution < 1.29 is 9.13 Å². The first-order valence-electron chi connectivity index (χ1n) is 5.42. The number of hydrogen-bond acceptors (Lipinski definition) is 3. The fourth-order valence-corrected chi connectivity index (χ4v) is 1.50. The maximum absolute atomic E-state index is 13.8. The first-order valence-corrected chi connectivity index (χ1v) is 5.42. The number of aromatic nitrogens is 1. The van der Waals surface area contributed by atoms with Crippen LogP contribution in [0.4, 0.5) is 4.39 Å². The van der Waals surface area contributed by atoms with Crippen molar-refractivity contribution >= 4 is 0 Å². The molecular formula is C14H11FN2O. The average molecular weight is 242 g/mol. The van der Waals surface area contributed by atoms with Gasteiger partial charge in [-0.25, -0.2) is 9.37 Å². The molecule has 1 aromatic carbocycles. The molecule has 4 heteroatoms. The van der Waals surface area contributed by atoms with Crippen molar-refractivity contribution in [3.05, 3.63) is 53.0 Å². The lowest BCUT2D eigenvalue weighted by atomic mass is 10.2. The van der Waals surface area contributed by atoms with Gasteiger partial charge in [0, 0.05) is 5.69 Å². The molecule has 2 aromatic rings. The summed E-state index contributed by atoms with van der Waals surface area (Å²) in [5, 5.41) is 8.95. The molecule has 18 heavy (non-hydrogen) atoms. The number of hydrogen-bond donors (Lipinski definition) is 0. The molecule has 0 saturated carbocycles. The van der Waals surface area contributed by atoms with E-state index in [0.29, 0.717) is 11.3 Å². The third-order valence-electron chi connectivity index (χ3n) is 2.48. The van der Waals surface area contributed by atoms with Gasteiger partial charge in [-0.2, -0.15) is 5.26 Å². The van der Waals surface area contributed by atoms with Crippen LogP contribution in [0.15, 0.2) is 30.3 Å². The molecule has 0 spiro atoms. The third-order valence-corrected chi connectivity index (χ3v) is 2.48. The van der Waals surface area contributed by atoms with Crippen molar-refractivity contribution in [3.8, 4) is 17.7 Å². The van der Waals surface area contributed by atoms with Crippen molar-refractivity contribution in [1.29, 1.82) is 5.26 Å². The second kappa shape index (κ2) is 4.84. The Morgan fingerprint density at radius 3 is 2.72 bits per heavy atom. The minimum atomic E-state index is -0.440. The largest absolute Gasteiger partial charge is 0.435 e. The van der Waals surface area contributed by atoms with Crippen LogP contribution in [0.3, 0.4) is 0 Å². The van der Waals surface area contributed by atoms with Crippen LogP contribution in [0.1, 0.15) is 16.8 Å². The molecule has 0 N–H and O–H groups in total. The quantitative estimate of drug-likeness (QED) is 0.809. The van der Waals surface area contributed by atoms with E-state index >= 15 is 0 Å². The van der Waals surface area contributed by atoms with Crippen molar-refractivity contribution in [2.75, 3.05) is 0 Å². The molecule has 3 nitrogen and oxygen atoms in total. The summed E-state index contributed by atoms with van der Waals surface area (Å²) in [5.74, 6) is -0.240. The van der Waals surface area contributed by atoms with Gasteiger partial charge in [0.05, 0.1) is 0 Å². The molecule has 0 aliphatic rings. The topological polar surface area (TPSA) is 45.9 Å². The van der Waals surface area contributed by atoms with Crippen LogP contribution in [0.25, 0.3) is 0 Å². The maximum atomic E-state index is 13.8. The van der Waals surface area contributed by atoms with Crippen molar-refractivity contribution in [3.63, 3.8) is 0 Å². The minimum absolute atomic E-state index is 0.0737. The summed E-state index contributed by atoms with van der Waals surface area (Å²) in [6.07, 6.45) is 0. The molecule has 0 aliphatic heterocycles. The van der Waals surface area contributed by atoms with Gasteiger partial charge in [-0.15, -0.1) is 0 Å². The highest BCUT2D eigenvalue weighted by Crippen LogP contribution is 2.27. The number of nitrogens with zero attached hydrogens (tertiary/aromatic N) is 2. The fraction of sp³-hybridized carbons (Fsp3) is 0.143. The molecule has 0 fully saturated rings. The lowest BCUT2D eigenvalue weighted by Crippen LogP contribution is -1.96. The standard InChI is InChI=1S/C14H11FN2O/c1-9-4-3-5-12(13(9)15)18-14-11(8-16)7-6-10(2)17-14/h3-7H,1-2H3. The Morgan fingerprint density at radius 1 is 1.22 bits per heavy atom. The zero-order valence-electron chi connectivity index (χ0n) is 10.1. The first kappa shape index (κ1) is 12.1. The van der Waals surface area contributed by atoms with Gasteiger partial charge >= 0.3 is 0 Å². The zero-order chi connectivity index (χ0) is 13.1. The SMILES string of the molecule is Cc1ccc(C#N)c(Oc2cccc(C)c2F)n1. The molecule has 0 radical (unpaired) electrons. The summed E-state index contributed by atoms with van der Waals surface area (Å²) in [6, 6.07) is 10.1. The van der Waals surface area contributed by atoms with Crippen molar-refractivity contribution in [1.82, 2.24) is 4.98 Å². The van der Waals surface area contributed by atoms with E-state index in [9.17, 15) is 4.39 Å². The van der Waals surface area contributed by atoms with Crippen molar-refractivity contribution in [2.45, 2.75) is 13.8 Å². The summed E-state index contributed by atoms with van der Waals surface area (Å²) in [4.78, 5) is 4.10. The minimum Gasteiger partial charge on any atom is -0.435 e. The molecule has 1 aromatic heterocycles. The van der Waals surface area contributed by atoms with Crippen LogP contribution >= 0.6 is 0 Å². The van der Waals surface area contributed by atoms with Gasteiger partial charge in [-0.1, -0.05) is 12.1 Å². The maximum Gasteiger partial charge on any atom is 0.237 e. The summed E-state index contributed by atoms with van der Waals surface area (Å²) in [5.41, 5.74) is 1.47. The second-order valence-electron chi connectivity index (χ2n) is 3.91. The number of ether oxygens (including phenoxy) is 1. The normalized spacial score (nSPS) is 9.89. The molecule has 0 bridgehead atoms. The molecular weight excluding hydrogens is 231 g/mol. The van der Waals surface area contributed by atoms with Crippen molar-refractivity contribution in [2.24, 2.45) is 0 Å². The predicted molar refractivity (Wildman–Crippen MR) is 64.9 cm³/mol. The first-order chi connectivity index (χ1) is 8.61. The van der Waals surface area contributed by atoms with Gasteiger partial charge in [0.15, 0.2) is 11.6 Å². The van der Waals surface area contributed by atoms with E-state index in [4.69, 9.17) is 10.00 Å². The van der Waals surface area contributed by atoms with Gasteiger partial charge in [0.25, 0.3) is 0 Å². The highest BCUT2D eigenvalue weighted by molar-refractivity contribution is 5.42. The Labute approximate surface area is 104 Å². The smallest absolute Gasteiger partial charge is 0.237 e. The monoisotopic (exact) mass is 242 g/mol. The molecule has 2 rings (SSSR count). The van der Waals surface area contributed by atoms with Gasteiger partial charge in [0.2, 0.25) is 5.88 Å². The van der Waals surface area contributed by atoms with Crippen LogP contribution in [-0.2, 0) is 0 Å². The van der Waals surface area contributed by atoms with E-state index in [1.165, 1.54) is 6.07 Å². The van der Waals surface area contributed by atoms with E-state index in [-0.39, 0.29) is 17.2 Å². The van der Waals surface area contributed by atoms with Gasteiger partial charge in [0.1, 0.15) is 11.6 Å². The molecule has 0 atom stereocenters. The second-order valence-corrected chi connectivity index (χ2v) is 3.91. The van der Waals surface area contributed by atoms with Gasteiger partial charge < -0.3 is 4.74 Å². The number of pyridine rings is 1. The van der Waals surface area contributed by atoms with Crippen LogP contribution in [-0.4, -0.2) is 4.98 Å². The summed E-state index contributed by atoms with van der Waals surface area (Å²) in [6.45, 7) is 3.43. The lowest BCUT2D eigenvalue weighted by molar-refractivity contribution is 0.423. The van der Waals surface area contributed by atoms with Gasteiger partial charge in [-0.3, -0.25) is 0 Å². The summed E-state index contributed by atoms with van der Waals surface area (Å²) >= 11 is 0. The molecule has 0 amide bonds. The van der Waals surface area contributed by atoms with Gasteiger partial charge in [-0.05, 0) is 37.6 Å². The Hall–Kier alpha value is -2.41. The predicted octanol–water partition coefficient (Wildman–Crippen LogP) is 3.50. The van der Waals surface area contributed by atoms with Crippen LogP contribution in [0, 0.1) is 31.0 Å². The summed E-state index contributed by atoms with van der Waals surface area (Å²) < 4.78 is 19.2. The number of benzene rings is 1. The van der Waals surface area contributed by atoms with E-state index in [1.54, 1.807) is 38.1 Å². The Morgan fingerprint density at radius 2 is 2.00 bits per heavy atom. The Bertz CT molecular complexity index is 632. The van der Waals surface area contributed by atoms with Crippen LogP contribution in [0.2, 0.25) is 0 Å². The molecule has 0 aliphatic carbocycles. The highest BCUT2D eigenvalue weighted by atomic mass is 19.1. The highest BCUT2D eigenvalue weighted by Gasteiger charge is 2.11. The number of nitriles is 1. The Balaban J connectivity index is 2.43. The van der Waals surface area contributed by atoms with E-state index in [0.717, 1.165) is 0 Å². The molecule has 90 valence electrons. The average Bonchev–Trinajstić information content (AvgIpc) is 2.35. The van der Waals surface area contributed by atoms with E-state index in [1.807, 2.05) is 6.07 Å². The zero-order valence-corrected chi connectivity index (χ0v) is 10.1.